The van der Waals surface area contributed by atoms with Gasteiger partial charge >= 0.3 is 5.00 Å². The highest BCUT2D eigenvalue weighted by atomic mass is 32.1. The third-order valence-electron chi connectivity index (χ3n) is 3.46. The Morgan fingerprint density at radius 3 is 3.19 bits per heavy atom. The van der Waals surface area contributed by atoms with Crippen molar-refractivity contribution in [3.05, 3.63) is 40.0 Å². The van der Waals surface area contributed by atoms with E-state index < -0.39 is 4.92 Å². The maximum atomic E-state index is 10.8. The monoisotopic (exact) mass is 309 g/mol. The van der Waals surface area contributed by atoms with Crippen LogP contribution in [0.5, 0.6) is 0 Å². The van der Waals surface area contributed by atoms with Crippen molar-refractivity contribution >= 4 is 21.5 Å². The van der Waals surface area contributed by atoms with Crippen molar-refractivity contribution in [1.82, 2.24) is 4.98 Å². The number of furan rings is 1. The smallest absolute Gasteiger partial charge is 0.345 e. The number of nitro groups is 1. The van der Waals surface area contributed by atoms with E-state index in [0.29, 0.717) is 11.7 Å². The van der Waals surface area contributed by atoms with E-state index in [1.807, 2.05) is 12.1 Å². The topological polar surface area (TPSA) is 81.6 Å². The zero-order valence-electron chi connectivity index (χ0n) is 11.5. The van der Waals surface area contributed by atoms with Crippen molar-refractivity contribution in [2.45, 2.75) is 25.5 Å². The van der Waals surface area contributed by atoms with Crippen LogP contribution in [0.1, 0.15) is 30.4 Å². The third-order valence-corrected chi connectivity index (χ3v) is 4.44. The van der Waals surface area contributed by atoms with Gasteiger partial charge in [-0.2, -0.15) is 0 Å². The van der Waals surface area contributed by atoms with Crippen LogP contribution in [0.25, 0.3) is 0 Å². The van der Waals surface area contributed by atoms with E-state index in [-0.39, 0.29) is 11.0 Å². The van der Waals surface area contributed by atoms with Gasteiger partial charge in [-0.25, -0.2) is 4.98 Å². The first-order valence-electron chi connectivity index (χ1n) is 6.63. The van der Waals surface area contributed by atoms with Crippen molar-refractivity contribution < 1.29 is 14.1 Å². The van der Waals surface area contributed by atoms with Crippen molar-refractivity contribution in [1.29, 1.82) is 0 Å². The number of ether oxygens (including phenoxy) is 1. The van der Waals surface area contributed by atoms with Gasteiger partial charge in [-0.3, -0.25) is 10.1 Å². The Morgan fingerprint density at radius 2 is 2.48 bits per heavy atom. The first-order valence-corrected chi connectivity index (χ1v) is 7.45. The van der Waals surface area contributed by atoms with E-state index in [1.54, 1.807) is 7.11 Å². The fourth-order valence-corrected chi connectivity index (χ4v) is 3.37. The zero-order chi connectivity index (χ0) is 14.8. The van der Waals surface area contributed by atoms with Crippen LogP contribution >= 0.6 is 11.3 Å². The molecule has 0 unspecified atom stereocenters. The van der Waals surface area contributed by atoms with E-state index in [1.165, 1.54) is 6.20 Å². The molecule has 1 aliphatic heterocycles. The fraction of sp³-hybridized carbons (Fsp3) is 0.462. The molecule has 1 atom stereocenters. The Hall–Kier alpha value is -1.93. The fourth-order valence-electron chi connectivity index (χ4n) is 2.56. The van der Waals surface area contributed by atoms with Crippen LogP contribution in [0.2, 0.25) is 0 Å². The van der Waals surface area contributed by atoms with Crippen molar-refractivity contribution in [2.75, 3.05) is 18.6 Å². The Kier molecular flexibility index (Phi) is 3.89. The van der Waals surface area contributed by atoms with Gasteiger partial charge in [0.1, 0.15) is 24.3 Å². The first kappa shape index (κ1) is 14.0. The number of anilines is 1. The predicted molar refractivity (Wildman–Crippen MR) is 77.5 cm³/mol. The Labute approximate surface area is 125 Å². The number of hydrogen-bond acceptors (Lipinski definition) is 7. The maximum absolute atomic E-state index is 10.8. The molecule has 1 saturated heterocycles. The van der Waals surface area contributed by atoms with Crippen molar-refractivity contribution in [3.63, 3.8) is 0 Å². The van der Waals surface area contributed by atoms with E-state index in [2.05, 4.69) is 9.88 Å². The molecule has 0 spiro atoms. The molecule has 1 fully saturated rings. The van der Waals surface area contributed by atoms with Crippen LogP contribution in [0, 0.1) is 10.1 Å². The summed E-state index contributed by atoms with van der Waals surface area (Å²) in [5, 5.41) is 11.5. The van der Waals surface area contributed by atoms with Crippen LogP contribution in [0.4, 0.5) is 10.1 Å². The van der Waals surface area contributed by atoms with Gasteiger partial charge < -0.3 is 14.1 Å². The largest absolute Gasteiger partial charge is 0.461 e. The number of thiazole rings is 1. The minimum absolute atomic E-state index is 0.0650. The lowest BCUT2D eigenvalue weighted by molar-refractivity contribution is -0.380. The summed E-state index contributed by atoms with van der Waals surface area (Å²) >= 11 is 1.10. The normalized spacial score (nSPS) is 18.3. The van der Waals surface area contributed by atoms with Crippen LogP contribution in [-0.2, 0) is 11.3 Å². The quantitative estimate of drug-likeness (QED) is 0.623. The summed E-state index contributed by atoms with van der Waals surface area (Å²) in [7, 11) is 1.62. The van der Waals surface area contributed by atoms with Crippen LogP contribution in [-0.4, -0.2) is 23.6 Å². The molecule has 7 nitrogen and oxygen atoms in total. The lowest BCUT2D eigenvalue weighted by atomic mass is 10.2. The SMILES string of the molecule is COCc1ccc([C@@H]2CCCN2c2ncc([N+](=O)[O-])s2)o1. The van der Waals surface area contributed by atoms with Gasteiger partial charge in [0.15, 0.2) is 5.13 Å². The average molecular weight is 309 g/mol. The number of hydrogen-bond donors (Lipinski definition) is 0. The standard InChI is InChI=1S/C13H15N3O4S/c1-19-8-9-4-5-11(20-9)10-3-2-6-15(10)13-14-7-12(21-13)16(17)18/h4-5,7,10H,2-3,6,8H2,1H3/t10-/m0/s1. The van der Waals surface area contributed by atoms with Crippen LogP contribution in [0.3, 0.4) is 0 Å². The molecule has 3 rings (SSSR count). The molecule has 0 aromatic carbocycles. The van der Waals surface area contributed by atoms with Crippen molar-refractivity contribution in [3.8, 4) is 0 Å². The minimum Gasteiger partial charge on any atom is -0.461 e. The highest BCUT2D eigenvalue weighted by Crippen LogP contribution is 2.40. The van der Waals surface area contributed by atoms with Gasteiger partial charge in [0.25, 0.3) is 0 Å². The molecule has 1 aliphatic rings. The summed E-state index contributed by atoms with van der Waals surface area (Å²) in [4.78, 5) is 16.6. The molecule has 2 aromatic rings. The van der Waals surface area contributed by atoms with Gasteiger partial charge in [-0.15, -0.1) is 0 Å². The third kappa shape index (κ3) is 2.77. The Balaban J connectivity index is 1.82. The van der Waals surface area contributed by atoms with Crippen molar-refractivity contribution in [2.24, 2.45) is 0 Å². The van der Waals surface area contributed by atoms with Crippen LogP contribution < -0.4 is 4.90 Å². The zero-order valence-corrected chi connectivity index (χ0v) is 12.3. The second kappa shape index (κ2) is 5.82. The van der Waals surface area contributed by atoms with Crippen LogP contribution in [0.15, 0.2) is 22.7 Å². The average Bonchev–Trinajstić information content (AvgIpc) is 3.18. The molecule has 0 radical (unpaired) electrons. The lowest BCUT2D eigenvalue weighted by Crippen LogP contribution is -2.21. The molecular weight excluding hydrogens is 294 g/mol. The minimum atomic E-state index is -0.407. The molecule has 8 heteroatoms. The molecule has 0 amide bonds. The number of nitrogens with zero attached hydrogens (tertiary/aromatic N) is 3. The first-order chi connectivity index (χ1) is 10.2. The van der Waals surface area contributed by atoms with E-state index in [9.17, 15) is 10.1 Å². The summed E-state index contributed by atoms with van der Waals surface area (Å²) in [6.07, 6.45) is 3.28. The number of aromatic nitrogens is 1. The Morgan fingerprint density at radius 1 is 1.62 bits per heavy atom. The summed E-state index contributed by atoms with van der Waals surface area (Å²) in [6.45, 7) is 1.27. The summed E-state index contributed by atoms with van der Waals surface area (Å²) < 4.78 is 10.8. The molecule has 2 aromatic heterocycles. The van der Waals surface area contributed by atoms with Gasteiger partial charge in [0.2, 0.25) is 0 Å². The molecular formula is C13H15N3O4S. The lowest BCUT2D eigenvalue weighted by Gasteiger charge is -2.21. The number of methoxy groups -OCH3 is 1. The highest BCUT2D eigenvalue weighted by Gasteiger charge is 2.31. The maximum Gasteiger partial charge on any atom is 0.345 e. The number of rotatable bonds is 5. The second-order valence-electron chi connectivity index (χ2n) is 4.83. The van der Waals surface area contributed by atoms with Gasteiger partial charge in [-0.1, -0.05) is 0 Å². The summed E-state index contributed by atoms with van der Waals surface area (Å²) in [6, 6.07) is 3.93. The van der Waals surface area contributed by atoms with Gasteiger partial charge in [0, 0.05) is 13.7 Å². The second-order valence-corrected chi connectivity index (χ2v) is 5.81. The van der Waals surface area contributed by atoms with Gasteiger partial charge in [0.05, 0.1) is 11.0 Å². The van der Waals surface area contributed by atoms with E-state index in [4.69, 9.17) is 9.15 Å². The molecule has 0 aliphatic carbocycles. The molecule has 3 heterocycles. The Bertz CT molecular complexity index is 639. The summed E-state index contributed by atoms with van der Waals surface area (Å²) in [5.74, 6) is 1.64. The van der Waals surface area contributed by atoms with E-state index >= 15 is 0 Å². The predicted octanol–water partition coefficient (Wildman–Crippen LogP) is 3.13. The molecule has 21 heavy (non-hydrogen) atoms. The van der Waals surface area contributed by atoms with Gasteiger partial charge in [-0.05, 0) is 36.3 Å². The molecule has 112 valence electrons. The highest BCUT2D eigenvalue weighted by molar-refractivity contribution is 7.18. The van der Waals surface area contributed by atoms with E-state index in [0.717, 1.165) is 42.2 Å². The molecule has 0 N–H and O–H groups in total. The summed E-state index contributed by atoms with van der Waals surface area (Å²) in [5.41, 5.74) is 0. The molecule has 0 saturated carbocycles. The molecule has 0 bridgehead atoms.